The van der Waals surface area contributed by atoms with E-state index in [9.17, 15) is 4.39 Å². The molecule has 0 spiro atoms. The first kappa shape index (κ1) is 12.0. The fraction of sp³-hybridized carbons (Fsp3) is 0.200. The average molecular weight is 302 g/mol. The Hall–Kier alpha value is -1.47. The molecule has 7 heteroatoms. The van der Waals surface area contributed by atoms with Gasteiger partial charge in [-0.3, -0.25) is 0 Å². The molecule has 0 aliphatic carbocycles. The zero-order valence-corrected chi connectivity index (χ0v) is 10.5. The highest BCUT2D eigenvalue weighted by molar-refractivity contribution is 9.10. The van der Waals surface area contributed by atoms with Crippen molar-refractivity contribution in [2.75, 3.05) is 7.11 Å². The minimum Gasteiger partial charge on any atom is -0.495 e. The summed E-state index contributed by atoms with van der Waals surface area (Å²) in [5.41, 5.74) is 5.77. The maximum absolute atomic E-state index is 13.3. The number of benzene rings is 1. The fourth-order valence-corrected chi connectivity index (χ4v) is 1.98. The van der Waals surface area contributed by atoms with Gasteiger partial charge in [-0.25, -0.2) is 4.39 Å². The number of ether oxygens (including phenoxy) is 1. The van der Waals surface area contributed by atoms with E-state index < -0.39 is 5.82 Å². The Morgan fingerprint density at radius 3 is 2.88 bits per heavy atom. The van der Waals surface area contributed by atoms with Gasteiger partial charge in [-0.05, 0) is 28.1 Å². The summed E-state index contributed by atoms with van der Waals surface area (Å²) in [6.45, 7) is 0.131. The standard InChI is InChI=1S/C10H9BrFN3O2/c1-16-9-6(2-5(12)3-7(9)11)10-14-8(4-13)17-15-10/h2-3H,4,13H2,1H3. The first-order chi connectivity index (χ1) is 8.15. The molecule has 0 aliphatic heterocycles. The van der Waals surface area contributed by atoms with Crippen molar-refractivity contribution in [1.29, 1.82) is 0 Å². The third-order valence-electron chi connectivity index (χ3n) is 2.10. The van der Waals surface area contributed by atoms with Crippen LogP contribution in [0.25, 0.3) is 11.4 Å². The number of hydrogen-bond donors (Lipinski definition) is 1. The molecular weight excluding hydrogens is 293 g/mol. The molecule has 2 aromatic rings. The maximum Gasteiger partial charge on any atom is 0.240 e. The fourth-order valence-electron chi connectivity index (χ4n) is 1.38. The van der Waals surface area contributed by atoms with E-state index in [1.54, 1.807) is 0 Å². The maximum atomic E-state index is 13.3. The summed E-state index contributed by atoms with van der Waals surface area (Å²) >= 11 is 3.20. The lowest BCUT2D eigenvalue weighted by atomic mass is 10.2. The Balaban J connectivity index is 2.57. The first-order valence-electron chi connectivity index (χ1n) is 4.71. The van der Waals surface area contributed by atoms with Crippen LogP contribution in [0, 0.1) is 5.82 Å². The molecule has 0 saturated carbocycles. The first-order valence-corrected chi connectivity index (χ1v) is 5.51. The van der Waals surface area contributed by atoms with Crippen LogP contribution in [-0.4, -0.2) is 17.3 Å². The molecule has 90 valence electrons. The highest BCUT2D eigenvalue weighted by Gasteiger charge is 2.16. The quantitative estimate of drug-likeness (QED) is 0.940. The monoisotopic (exact) mass is 301 g/mol. The van der Waals surface area contributed by atoms with Gasteiger partial charge < -0.3 is 15.0 Å². The van der Waals surface area contributed by atoms with Crippen LogP contribution in [0.1, 0.15) is 5.89 Å². The van der Waals surface area contributed by atoms with Crippen molar-refractivity contribution in [2.45, 2.75) is 6.54 Å². The lowest BCUT2D eigenvalue weighted by molar-refractivity contribution is 0.379. The van der Waals surface area contributed by atoms with Crippen molar-refractivity contribution in [3.8, 4) is 17.1 Å². The van der Waals surface area contributed by atoms with Crippen LogP contribution in [0.4, 0.5) is 4.39 Å². The molecule has 5 nitrogen and oxygen atoms in total. The summed E-state index contributed by atoms with van der Waals surface area (Å²) in [4.78, 5) is 4.02. The van der Waals surface area contributed by atoms with Gasteiger partial charge in [0, 0.05) is 0 Å². The molecular formula is C10H9BrFN3O2. The molecule has 0 atom stereocenters. The summed E-state index contributed by atoms with van der Waals surface area (Å²) in [6, 6.07) is 2.57. The van der Waals surface area contributed by atoms with E-state index in [4.69, 9.17) is 15.0 Å². The van der Waals surface area contributed by atoms with Crippen LogP contribution < -0.4 is 10.5 Å². The summed E-state index contributed by atoms with van der Waals surface area (Å²) in [5, 5.41) is 3.71. The Labute approximate surface area is 105 Å². The molecule has 0 radical (unpaired) electrons. The van der Waals surface area contributed by atoms with Gasteiger partial charge in [0.25, 0.3) is 0 Å². The van der Waals surface area contributed by atoms with Crippen molar-refractivity contribution in [1.82, 2.24) is 10.1 Å². The third kappa shape index (κ3) is 2.29. The molecule has 0 bridgehead atoms. The van der Waals surface area contributed by atoms with Gasteiger partial charge in [-0.2, -0.15) is 4.98 Å². The van der Waals surface area contributed by atoms with Crippen LogP contribution in [0.2, 0.25) is 0 Å². The predicted octanol–water partition coefficient (Wildman–Crippen LogP) is 2.11. The van der Waals surface area contributed by atoms with Crippen molar-refractivity contribution < 1.29 is 13.7 Å². The van der Waals surface area contributed by atoms with Crippen molar-refractivity contribution in [3.63, 3.8) is 0 Å². The topological polar surface area (TPSA) is 74.2 Å². The number of nitrogens with zero attached hydrogens (tertiary/aromatic N) is 2. The Morgan fingerprint density at radius 1 is 1.53 bits per heavy atom. The zero-order valence-electron chi connectivity index (χ0n) is 8.91. The Morgan fingerprint density at radius 2 is 2.29 bits per heavy atom. The van der Waals surface area contributed by atoms with Gasteiger partial charge in [0.05, 0.1) is 23.7 Å². The number of aromatic nitrogens is 2. The number of halogens is 2. The summed E-state index contributed by atoms with van der Waals surface area (Å²) in [5.74, 6) is 0.535. The molecule has 0 amide bonds. The van der Waals surface area contributed by atoms with Crippen LogP contribution in [0.15, 0.2) is 21.1 Å². The summed E-state index contributed by atoms with van der Waals surface area (Å²) in [6.07, 6.45) is 0. The van der Waals surface area contributed by atoms with Gasteiger partial charge in [0.15, 0.2) is 0 Å². The highest BCUT2D eigenvalue weighted by Crippen LogP contribution is 2.35. The van der Waals surface area contributed by atoms with Crippen LogP contribution in [-0.2, 0) is 6.54 Å². The lowest BCUT2D eigenvalue weighted by Crippen LogP contribution is -1.96. The van der Waals surface area contributed by atoms with Gasteiger partial charge >= 0.3 is 0 Å². The number of hydrogen-bond acceptors (Lipinski definition) is 5. The summed E-state index contributed by atoms with van der Waals surface area (Å²) < 4.78 is 23.8. The van der Waals surface area contributed by atoms with Crippen LogP contribution >= 0.6 is 15.9 Å². The molecule has 2 N–H and O–H groups in total. The smallest absolute Gasteiger partial charge is 0.240 e. The van der Waals surface area contributed by atoms with E-state index in [0.717, 1.165) is 0 Å². The van der Waals surface area contributed by atoms with Crippen LogP contribution in [0.3, 0.4) is 0 Å². The molecule has 0 fully saturated rings. The van der Waals surface area contributed by atoms with E-state index in [-0.39, 0.29) is 18.3 Å². The molecule has 0 unspecified atom stereocenters. The highest BCUT2D eigenvalue weighted by atomic mass is 79.9. The normalized spacial score (nSPS) is 10.6. The largest absolute Gasteiger partial charge is 0.495 e. The molecule has 0 aliphatic rings. The second-order valence-corrected chi connectivity index (χ2v) is 4.04. The van der Waals surface area contributed by atoms with E-state index in [0.29, 0.717) is 15.8 Å². The second-order valence-electron chi connectivity index (χ2n) is 3.18. The van der Waals surface area contributed by atoms with Crippen molar-refractivity contribution in [2.24, 2.45) is 5.73 Å². The number of nitrogens with two attached hydrogens (primary N) is 1. The molecule has 0 saturated heterocycles. The number of methoxy groups -OCH3 is 1. The molecule has 1 aromatic carbocycles. The van der Waals surface area contributed by atoms with Gasteiger partial charge in [-0.15, -0.1) is 0 Å². The lowest BCUT2D eigenvalue weighted by Gasteiger charge is -2.07. The van der Waals surface area contributed by atoms with Crippen molar-refractivity contribution in [3.05, 3.63) is 28.3 Å². The Bertz CT molecular complexity index is 544. The van der Waals surface area contributed by atoms with E-state index in [1.807, 2.05) is 0 Å². The SMILES string of the molecule is COc1c(Br)cc(F)cc1-c1noc(CN)n1. The average Bonchev–Trinajstić information content (AvgIpc) is 2.76. The summed E-state index contributed by atoms with van der Waals surface area (Å²) in [7, 11) is 1.48. The molecule has 2 rings (SSSR count). The minimum absolute atomic E-state index is 0.131. The third-order valence-corrected chi connectivity index (χ3v) is 2.69. The van der Waals surface area contributed by atoms with E-state index >= 15 is 0 Å². The molecule has 1 aromatic heterocycles. The van der Waals surface area contributed by atoms with Crippen LogP contribution in [0.5, 0.6) is 5.75 Å². The van der Waals surface area contributed by atoms with E-state index in [2.05, 4.69) is 26.1 Å². The van der Waals surface area contributed by atoms with Crippen molar-refractivity contribution >= 4 is 15.9 Å². The predicted molar refractivity (Wildman–Crippen MR) is 61.8 cm³/mol. The van der Waals surface area contributed by atoms with E-state index in [1.165, 1.54) is 19.2 Å². The van der Waals surface area contributed by atoms with Gasteiger partial charge in [0.2, 0.25) is 11.7 Å². The minimum atomic E-state index is -0.424. The Kier molecular flexibility index (Phi) is 3.39. The zero-order chi connectivity index (χ0) is 12.4. The van der Waals surface area contributed by atoms with Gasteiger partial charge in [-0.1, -0.05) is 5.16 Å². The second kappa shape index (κ2) is 4.80. The van der Waals surface area contributed by atoms with Gasteiger partial charge in [0.1, 0.15) is 11.6 Å². The number of rotatable bonds is 3. The molecule has 17 heavy (non-hydrogen) atoms. The molecule has 1 heterocycles.